The smallest absolute Gasteiger partial charge is 0.0659 e. The van der Waals surface area contributed by atoms with Crippen LogP contribution >= 0.6 is 23.8 Å². The molecule has 0 aliphatic heterocycles. The third kappa shape index (κ3) is 6.63. The van der Waals surface area contributed by atoms with Gasteiger partial charge in [0.05, 0.1) is 5.49 Å². The number of anilines is 1. The van der Waals surface area contributed by atoms with E-state index in [4.69, 9.17) is 29.6 Å². The number of thiocarbonyl (C=S) groups is 1. The van der Waals surface area contributed by atoms with Gasteiger partial charge in [-0.15, -0.1) is 0 Å². The van der Waals surface area contributed by atoms with Gasteiger partial charge in [-0.3, -0.25) is 0 Å². The number of hydrogen-bond donors (Lipinski definition) is 4. The van der Waals surface area contributed by atoms with Crippen molar-refractivity contribution in [1.82, 2.24) is 10.3 Å². The van der Waals surface area contributed by atoms with E-state index in [2.05, 4.69) is 46.1 Å². The van der Waals surface area contributed by atoms with E-state index in [9.17, 15) is 0 Å². The van der Waals surface area contributed by atoms with E-state index in [0.29, 0.717) is 6.54 Å². The lowest BCUT2D eigenvalue weighted by Gasteiger charge is -2.08. The zero-order valence-electron chi connectivity index (χ0n) is 15.6. The van der Waals surface area contributed by atoms with Gasteiger partial charge in [0.15, 0.2) is 0 Å². The van der Waals surface area contributed by atoms with Crippen LogP contribution in [0.4, 0.5) is 5.69 Å². The van der Waals surface area contributed by atoms with Crippen LogP contribution in [0.3, 0.4) is 0 Å². The molecule has 0 saturated heterocycles. The summed E-state index contributed by atoms with van der Waals surface area (Å²) >= 11 is 10.6. The number of fused-ring (bicyclic) bond motifs is 1. The van der Waals surface area contributed by atoms with Crippen molar-refractivity contribution in [2.75, 3.05) is 25.5 Å². The first-order valence-electron chi connectivity index (χ1n) is 9.08. The van der Waals surface area contributed by atoms with Crippen LogP contribution in [0, 0.1) is 0 Å². The second kappa shape index (κ2) is 11.7. The van der Waals surface area contributed by atoms with Crippen LogP contribution in [-0.4, -0.2) is 30.6 Å². The van der Waals surface area contributed by atoms with Crippen LogP contribution in [0.2, 0.25) is 5.02 Å². The molecular formula is C21H27ClN4S. The minimum Gasteiger partial charge on any atom is -0.361 e. The Morgan fingerprint density at radius 3 is 2.70 bits per heavy atom. The second-order valence-corrected chi connectivity index (χ2v) is 6.84. The first kappa shape index (κ1) is 21.4. The molecule has 1 heterocycles. The van der Waals surface area contributed by atoms with Gasteiger partial charge in [0.2, 0.25) is 0 Å². The molecule has 6 heteroatoms. The van der Waals surface area contributed by atoms with Gasteiger partial charge >= 0.3 is 0 Å². The van der Waals surface area contributed by atoms with Gasteiger partial charge in [-0.05, 0) is 74.8 Å². The third-order valence-corrected chi connectivity index (χ3v) is 4.60. The highest BCUT2D eigenvalue weighted by molar-refractivity contribution is 7.79. The lowest BCUT2D eigenvalue weighted by atomic mass is 10.1. The van der Waals surface area contributed by atoms with Crippen LogP contribution in [0.5, 0.6) is 0 Å². The summed E-state index contributed by atoms with van der Waals surface area (Å²) in [7, 11) is 1.98. The summed E-state index contributed by atoms with van der Waals surface area (Å²) in [6.45, 7) is 1.71. The van der Waals surface area contributed by atoms with Gasteiger partial charge in [0, 0.05) is 27.8 Å². The summed E-state index contributed by atoms with van der Waals surface area (Å²) < 4.78 is 0. The minimum atomic E-state index is 0.684. The maximum atomic E-state index is 5.90. The maximum Gasteiger partial charge on any atom is 0.0659 e. The van der Waals surface area contributed by atoms with Crippen LogP contribution in [0.15, 0.2) is 48.7 Å². The molecule has 0 fully saturated rings. The van der Waals surface area contributed by atoms with Gasteiger partial charge in [-0.25, -0.2) is 0 Å². The number of H-pyrrole nitrogens is 1. The molecule has 0 aliphatic rings. The molecular weight excluding hydrogens is 376 g/mol. The highest BCUT2D eigenvalue weighted by Gasteiger charge is 2.02. The highest BCUT2D eigenvalue weighted by atomic mass is 35.5. The molecule has 0 spiro atoms. The lowest BCUT2D eigenvalue weighted by Crippen LogP contribution is -2.09. The summed E-state index contributed by atoms with van der Waals surface area (Å²) in [5, 5.41) is 8.25. The Labute approximate surface area is 171 Å². The van der Waals surface area contributed by atoms with Crippen LogP contribution in [-0.2, 0) is 12.8 Å². The minimum absolute atomic E-state index is 0.684. The summed E-state index contributed by atoms with van der Waals surface area (Å²) in [6.07, 6.45) is 5.05. The van der Waals surface area contributed by atoms with Crippen molar-refractivity contribution in [2.45, 2.75) is 19.3 Å². The molecule has 0 bridgehead atoms. The standard InChI is InChI=1S/C11H14N2.C10H13ClN2S/c1-12-7-6-9-8-13-11-5-3-2-4-10(9)11;11-9-3-4-10(13-7-14)8(6-9)2-1-5-12/h2-5,8,12-13H,6-7H2,1H3;3-4,6-7H,1-2,5,12H2,(H,13,14). The molecule has 1 aromatic heterocycles. The summed E-state index contributed by atoms with van der Waals surface area (Å²) in [6, 6.07) is 14.1. The van der Waals surface area contributed by atoms with E-state index in [0.717, 1.165) is 42.1 Å². The molecule has 0 unspecified atom stereocenters. The monoisotopic (exact) mass is 402 g/mol. The van der Waals surface area contributed by atoms with Crippen molar-refractivity contribution in [1.29, 1.82) is 0 Å². The number of rotatable bonds is 8. The normalized spacial score (nSPS) is 10.3. The number of hydrogen-bond acceptors (Lipinski definition) is 3. The van der Waals surface area contributed by atoms with Gasteiger partial charge in [0.25, 0.3) is 0 Å². The fourth-order valence-corrected chi connectivity index (χ4v) is 3.19. The predicted octanol–water partition coefficient (Wildman–Crippen LogP) is 4.53. The zero-order chi connectivity index (χ0) is 19.5. The molecule has 0 atom stereocenters. The van der Waals surface area contributed by atoms with Crippen LogP contribution < -0.4 is 16.4 Å². The fourth-order valence-electron chi connectivity index (χ4n) is 2.86. The topological polar surface area (TPSA) is 65.9 Å². The average Bonchev–Trinajstić information content (AvgIpc) is 3.10. The number of halogens is 1. The van der Waals surface area contributed by atoms with E-state index >= 15 is 0 Å². The summed E-state index contributed by atoms with van der Waals surface area (Å²) in [5.74, 6) is 0. The van der Waals surface area contributed by atoms with E-state index in [1.807, 2.05) is 25.2 Å². The summed E-state index contributed by atoms with van der Waals surface area (Å²) in [4.78, 5) is 3.27. The van der Waals surface area contributed by atoms with Gasteiger partial charge in [-0.2, -0.15) is 0 Å². The molecule has 0 aliphatic carbocycles. The fraction of sp³-hybridized carbons (Fsp3) is 0.286. The van der Waals surface area contributed by atoms with Crippen molar-refractivity contribution in [3.05, 3.63) is 64.8 Å². The van der Waals surface area contributed by atoms with Crippen LogP contribution in [0.1, 0.15) is 17.5 Å². The van der Waals surface area contributed by atoms with E-state index < -0.39 is 0 Å². The van der Waals surface area contributed by atoms with Gasteiger partial charge in [-0.1, -0.05) is 42.0 Å². The largest absolute Gasteiger partial charge is 0.361 e. The van der Waals surface area contributed by atoms with E-state index in [1.165, 1.54) is 22.0 Å². The Morgan fingerprint density at radius 1 is 1.15 bits per heavy atom. The molecule has 0 amide bonds. The Bertz CT molecular complexity index is 847. The Kier molecular flexibility index (Phi) is 9.28. The molecule has 0 saturated carbocycles. The lowest BCUT2D eigenvalue weighted by molar-refractivity contribution is 0.795. The van der Waals surface area contributed by atoms with Crippen LogP contribution in [0.25, 0.3) is 10.9 Å². The van der Waals surface area contributed by atoms with Crippen molar-refractivity contribution >= 4 is 45.9 Å². The highest BCUT2D eigenvalue weighted by Crippen LogP contribution is 2.21. The Morgan fingerprint density at radius 2 is 1.96 bits per heavy atom. The summed E-state index contributed by atoms with van der Waals surface area (Å²) in [5.41, 5.74) is 11.7. The first-order chi connectivity index (χ1) is 13.2. The zero-order valence-corrected chi connectivity index (χ0v) is 17.2. The number of nitrogens with two attached hydrogens (primary N) is 1. The van der Waals surface area contributed by atoms with Gasteiger partial charge < -0.3 is 21.4 Å². The molecule has 144 valence electrons. The molecule has 27 heavy (non-hydrogen) atoms. The number of nitrogens with one attached hydrogen (secondary N) is 3. The molecule has 0 radical (unpaired) electrons. The van der Waals surface area contributed by atoms with Crippen molar-refractivity contribution in [2.24, 2.45) is 5.73 Å². The van der Waals surface area contributed by atoms with Crippen molar-refractivity contribution in [3.8, 4) is 0 Å². The third-order valence-electron chi connectivity index (χ3n) is 4.25. The molecule has 4 nitrogen and oxygen atoms in total. The Hall–Kier alpha value is -1.92. The van der Waals surface area contributed by atoms with E-state index in [-0.39, 0.29) is 0 Å². The molecule has 3 aromatic rings. The average molecular weight is 403 g/mol. The number of aromatic amines is 1. The second-order valence-electron chi connectivity index (χ2n) is 6.17. The quantitative estimate of drug-likeness (QED) is 0.418. The molecule has 2 aromatic carbocycles. The maximum absolute atomic E-state index is 5.90. The Balaban J connectivity index is 0.000000194. The number of aryl methyl sites for hydroxylation is 1. The predicted molar refractivity (Wildman–Crippen MR) is 122 cm³/mol. The SMILES string of the molecule is CNCCc1c[nH]c2ccccc12.NCCCc1cc(Cl)ccc1NC=S. The van der Waals surface area contributed by atoms with Gasteiger partial charge in [0.1, 0.15) is 0 Å². The number of benzene rings is 2. The number of aromatic nitrogens is 1. The first-order valence-corrected chi connectivity index (χ1v) is 9.92. The molecule has 3 rings (SSSR count). The number of likely N-dealkylation sites (N-methyl/N-ethyl adjacent to an activating group) is 1. The van der Waals surface area contributed by atoms with Crippen molar-refractivity contribution in [3.63, 3.8) is 0 Å². The molecule has 5 N–H and O–H groups in total. The number of para-hydroxylation sites is 1. The van der Waals surface area contributed by atoms with Crippen molar-refractivity contribution < 1.29 is 0 Å². The van der Waals surface area contributed by atoms with E-state index in [1.54, 1.807) is 0 Å².